The molecule has 3 unspecified atom stereocenters. The van der Waals surface area contributed by atoms with Crippen molar-refractivity contribution in [3.8, 4) is 0 Å². The maximum Gasteiger partial charge on any atom is 0.260 e. The molecular weight excluding hydrogens is 256 g/mol. The number of carbonyl (C=O) groups excluding carboxylic acids is 1. The molecule has 0 aliphatic carbocycles. The van der Waals surface area contributed by atoms with Gasteiger partial charge in [0.1, 0.15) is 0 Å². The van der Waals surface area contributed by atoms with Gasteiger partial charge < -0.3 is 19.6 Å². The van der Waals surface area contributed by atoms with E-state index in [-0.39, 0.29) is 12.0 Å². The molecule has 3 rings (SSSR count). The van der Waals surface area contributed by atoms with E-state index in [0.29, 0.717) is 18.2 Å². The summed E-state index contributed by atoms with van der Waals surface area (Å²) in [7, 11) is 1.70. The molecule has 1 amide bonds. The summed E-state index contributed by atoms with van der Waals surface area (Å²) in [5, 5.41) is 9.89. The smallest absolute Gasteiger partial charge is 0.260 e. The van der Waals surface area contributed by atoms with Crippen LogP contribution in [0.2, 0.25) is 0 Å². The molecule has 5 heteroatoms. The van der Waals surface area contributed by atoms with E-state index in [1.54, 1.807) is 7.05 Å². The lowest BCUT2D eigenvalue weighted by Crippen LogP contribution is -2.47. The van der Waals surface area contributed by atoms with E-state index in [1.807, 2.05) is 18.2 Å². The van der Waals surface area contributed by atoms with Crippen LogP contribution in [-0.4, -0.2) is 43.4 Å². The number of morpholine rings is 1. The second kappa shape index (κ2) is 4.75. The van der Waals surface area contributed by atoms with Gasteiger partial charge in [-0.15, -0.1) is 0 Å². The van der Waals surface area contributed by atoms with Gasteiger partial charge in [-0.05, 0) is 26.0 Å². The minimum Gasteiger partial charge on any atom is -0.378 e. The second-order valence-corrected chi connectivity index (χ2v) is 5.69. The van der Waals surface area contributed by atoms with Crippen LogP contribution < -0.4 is 9.80 Å². The van der Waals surface area contributed by atoms with Crippen molar-refractivity contribution in [3.05, 3.63) is 23.8 Å². The van der Waals surface area contributed by atoms with Gasteiger partial charge in [-0.2, -0.15) is 0 Å². The van der Waals surface area contributed by atoms with Crippen LogP contribution in [0, 0.1) is 0 Å². The van der Waals surface area contributed by atoms with Gasteiger partial charge >= 0.3 is 0 Å². The first-order valence-electron chi connectivity index (χ1n) is 6.97. The van der Waals surface area contributed by atoms with E-state index in [2.05, 4.69) is 18.7 Å². The number of anilines is 2. The number of amides is 1. The number of carbonyl (C=O) groups is 1. The Labute approximate surface area is 118 Å². The summed E-state index contributed by atoms with van der Waals surface area (Å²) in [6, 6.07) is 6.11. The molecule has 0 aromatic heterocycles. The van der Waals surface area contributed by atoms with Crippen molar-refractivity contribution in [2.45, 2.75) is 32.1 Å². The van der Waals surface area contributed by atoms with Crippen molar-refractivity contribution >= 4 is 17.3 Å². The minimum absolute atomic E-state index is 0.199. The highest BCUT2D eigenvalue weighted by atomic mass is 16.5. The minimum atomic E-state index is -1.02. The number of ether oxygens (including phenoxy) is 1. The second-order valence-electron chi connectivity index (χ2n) is 5.69. The molecule has 1 aromatic rings. The third-order valence-corrected chi connectivity index (χ3v) is 4.17. The molecule has 1 saturated heterocycles. The monoisotopic (exact) mass is 276 g/mol. The molecule has 1 aromatic carbocycles. The van der Waals surface area contributed by atoms with Crippen LogP contribution >= 0.6 is 0 Å². The standard InChI is InChI=1S/C15H20N2O3/c1-9-8-20-10(2)7-17(9)11-4-5-12-13(6-11)16(3)15(19)14(12)18/h4-6,9-10,14,18H,7-8H2,1-3H3. The Hall–Kier alpha value is -1.59. The van der Waals surface area contributed by atoms with Crippen LogP contribution in [0.3, 0.4) is 0 Å². The average Bonchev–Trinajstić information content (AvgIpc) is 2.66. The molecule has 2 heterocycles. The van der Waals surface area contributed by atoms with Gasteiger partial charge in [-0.1, -0.05) is 6.07 Å². The van der Waals surface area contributed by atoms with Crippen molar-refractivity contribution in [2.75, 3.05) is 30.0 Å². The fraction of sp³-hybridized carbons (Fsp3) is 0.533. The number of aliphatic hydroxyl groups is 1. The molecule has 1 fully saturated rings. The largest absolute Gasteiger partial charge is 0.378 e. The summed E-state index contributed by atoms with van der Waals surface area (Å²) < 4.78 is 5.64. The quantitative estimate of drug-likeness (QED) is 0.840. The highest BCUT2D eigenvalue weighted by Gasteiger charge is 2.34. The molecule has 0 saturated carbocycles. The first-order valence-corrected chi connectivity index (χ1v) is 6.97. The van der Waals surface area contributed by atoms with E-state index in [4.69, 9.17) is 4.74 Å². The Morgan fingerprint density at radius 1 is 1.35 bits per heavy atom. The molecule has 0 spiro atoms. The predicted molar refractivity (Wildman–Crippen MR) is 77.0 cm³/mol. The van der Waals surface area contributed by atoms with Gasteiger partial charge in [0.25, 0.3) is 5.91 Å². The molecule has 108 valence electrons. The fourth-order valence-corrected chi connectivity index (χ4v) is 2.93. The number of rotatable bonds is 1. The van der Waals surface area contributed by atoms with Crippen LogP contribution in [0.25, 0.3) is 0 Å². The summed E-state index contributed by atoms with van der Waals surface area (Å²) in [6.45, 7) is 5.73. The number of fused-ring (bicyclic) bond motifs is 1. The van der Waals surface area contributed by atoms with E-state index < -0.39 is 6.10 Å². The van der Waals surface area contributed by atoms with E-state index in [1.165, 1.54) is 4.90 Å². The Morgan fingerprint density at radius 3 is 2.85 bits per heavy atom. The third-order valence-electron chi connectivity index (χ3n) is 4.17. The molecule has 2 aliphatic heterocycles. The summed E-state index contributed by atoms with van der Waals surface area (Å²) in [5.41, 5.74) is 2.56. The number of aliphatic hydroxyl groups excluding tert-OH is 1. The van der Waals surface area contributed by atoms with E-state index in [9.17, 15) is 9.90 Å². The maximum atomic E-state index is 11.8. The topological polar surface area (TPSA) is 53.0 Å². The molecule has 0 bridgehead atoms. The first-order chi connectivity index (χ1) is 9.49. The number of hydrogen-bond donors (Lipinski definition) is 1. The van der Waals surface area contributed by atoms with Crippen LogP contribution in [-0.2, 0) is 9.53 Å². The lowest BCUT2D eigenvalue weighted by molar-refractivity contribution is -0.125. The van der Waals surface area contributed by atoms with E-state index >= 15 is 0 Å². The molecular formula is C15H20N2O3. The summed E-state index contributed by atoms with van der Waals surface area (Å²) >= 11 is 0. The predicted octanol–water partition coefficient (Wildman–Crippen LogP) is 1.31. The molecule has 20 heavy (non-hydrogen) atoms. The lowest BCUT2D eigenvalue weighted by Gasteiger charge is -2.38. The van der Waals surface area contributed by atoms with E-state index in [0.717, 1.165) is 17.9 Å². The summed E-state index contributed by atoms with van der Waals surface area (Å²) in [5.74, 6) is -0.263. The van der Waals surface area contributed by atoms with Crippen LogP contribution in [0.5, 0.6) is 0 Å². The molecule has 5 nitrogen and oxygen atoms in total. The molecule has 0 radical (unpaired) electrons. The van der Waals surface area contributed by atoms with Gasteiger partial charge in [-0.25, -0.2) is 0 Å². The number of benzene rings is 1. The molecule has 2 aliphatic rings. The van der Waals surface area contributed by atoms with Crippen molar-refractivity contribution in [1.82, 2.24) is 0 Å². The first kappa shape index (κ1) is 13.4. The highest BCUT2D eigenvalue weighted by molar-refractivity contribution is 6.03. The third kappa shape index (κ3) is 1.98. The van der Waals surface area contributed by atoms with Crippen LogP contribution in [0.15, 0.2) is 18.2 Å². The normalized spacial score (nSPS) is 29.8. The molecule has 1 N–H and O–H groups in total. The zero-order valence-electron chi connectivity index (χ0n) is 12.0. The maximum absolute atomic E-state index is 11.8. The number of likely N-dealkylation sites (N-methyl/N-ethyl adjacent to an activating group) is 1. The van der Waals surface area contributed by atoms with Gasteiger partial charge in [0, 0.05) is 30.9 Å². The van der Waals surface area contributed by atoms with Gasteiger partial charge in [-0.3, -0.25) is 4.79 Å². The SMILES string of the molecule is CC1CN(c2ccc3c(c2)N(C)C(=O)C3O)C(C)CO1. The van der Waals surface area contributed by atoms with Gasteiger partial charge in [0.2, 0.25) is 0 Å². The average molecular weight is 276 g/mol. The van der Waals surface area contributed by atoms with Gasteiger partial charge in [0.05, 0.1) is 18.4 Å². The fourth-order valence-electron chi connectivity index (χ4n) is 2.93. The Balaban J connectivity index is 1.95. The Kier molecular flexibility index (Phi) is 3.18. The van der Waals surface area contributed by atoms with Crippen LogP contribution in [0.4, 0.5) is 11.4 Å². The summed E-state index contributed by atoms with van der Waals surface area (Å²) in [4.78, 5) is 15.6. The number of nitrogens with zero attached hydrogens (tertiary/aromatic N) is 2. The van der Waals surface area contributed by atoms with Crippen LogP contribution in [0.1, 0.15) is 25.5 Å². The lowest BCUT2D eigenvalue weighted by atomic mass is 10.1. The van der Waals surface area contributed by atoms with Crippen molar-refractivity contribution in [1.29, 1.82) is 0 Å². The molecule has 3 atom stereocenters. The highest BCUT2D eigenvalue weighted by Crippen LogP contribution is 2.38. The zero-order chi connectivity index (χ0) is 14.4. The number of hydrogen-bond acceptors (Lipinski definition) is 4. The van der Waals surface area contributed by atoms with Gasteiger partial charge in [0.15, 0.2) is 6.10 Å². The summed E-state index contributed by atoms with van der Waals surface area (Å²) in [6.07, 6.45) is -0.825. The Bertz CT molecular complexity index is 546. The van der Waals surface area contributed by atoms with Crippen molar-refractivity contribution < 1.29 is 14.6 Å². The Morgan fingerprint density at radius 2 is 2.10 bits per heavy atom. The van der Waals surface area contributed by atoms with Crippen molar-refractivity contribution in [2.24, 2.45) is 0 Å². The zero-order valence-corrected chi connectivity index (χ0v) is 12.0. The van der Waals surface area contributed by atoms with Crippen molar-refractivity contribution in [3.63, 3.8) is 0 Å².